The van der Waals surface area contributed by atoms with Crippen LogP contribution in [0.5, 0.6) is 0 Å². The predicted molar refractivity (Wildman–Crippen MR) is 155 cm³/mol. The van der Waals surface area contributed by atoms with E-state index in [1.807, 2.05) is 0 Å². The van der Waals surface area contributed by atoms with E-state index in [2.05, 4.69) is 38.2 Å². The summed E-state index contributed by atoms with van der Waals surface area (Å²) in [5.74, 6) is 0.508. The minimum Gasteiger partial charge on any atom is -0.300 e. The van der Waals surface area contributed by atoms with Gasteiger partial charge in [-0.2, -0.15) is 0 Å². The van der Waals surface area contributed by atoms with E-state index >= 15 is 0 Å². The average Bonchev–Trinajstić information content (AvgIpc) is 2.84. The van der Waals surface area contributed by atoms with Crippen LogP contribution < -0.4 is 0 Å². The highest BCUT2D eigenvalue weighted by atomic mass is 16.1. The van der Waals surface area contributed by atoms with Crippen molar-refractivity contribution in [2.24, 2.45) is 0 Å². The van der Waals surface area contributed by atoms with Crippen LogP contribution in [0.1, 0.15) is 181 Å². The molecular formula is C33H62O. The van der Waals surface area contributed by atoms with Crippen molar-refractivity contribution in [3.8, 4) is 0 Å². The highest BCUT2D eigenvalue weighted by Gasteiger charge is 2.02. The lowest BCUT2D eigenvalue weighted by atomic mass is 10.0. The van der Waals surface area contributed by atoms with Gasteiger partial charge >= 0.3 is 0 Å². The summed E-state index contributed by atoms with van der Waals surface area (Å²) in [6.07, 6.45) is 42.6. The second kappa shape index (κ2) is 30.2. The van der Waals surface area contributed by atoms with E-state index in [9.17, 15) is 4.79 Å². The number of allylic oxidation sites excluding steroid dienone is 4. The Bertz CT molecular complexity index is 407. The number of hydrogen-bond donors (Lipinski definition) is 0. The summed E-state index contributed by atoms with van der Waals surface area (Å²) in [4.78, 5) is 12.1. The van der Waals surface area contributed by atoms with Crippen LogP contribution in [0.4, 0.5) is 0 Å². The van der Waals surface area contributed by atoms with Crippen molar-refractivity contribution < 1.29 is 4.79 Å². The van der Waals surface area contributed by atoms with Gasteiger partial charge < -0.3 is 0 Å². The smallest absolute Gasteiger partial charge is 0.132 e. The quantitative estimate of drug-likeness (QED) is 0.0813. The molecule has 0 aromatic rings. The SMILES string of the molecule is CCCCCC/C=C\CCCCCCCCC(=O)CCCCCCCC/C=C\CCCCCC. The number of carbonyl (C=O) groups is 1. The molecule has 1 heteroatoms. The van der Waals surface area contributed by atoms with Crippen LogP contribution in [0, 0.1) is 0 Å². The highest BCUT2D eigenvalue weighted by molar-refractivity contribution is 5.78. The Labute approximate surface area is 215 Å². The molecule has 0 bridgehead atoms. The van der Waals surface area contributed by atoms with E-state index in [1.54, 1.807) is 0 Å². The van der Waals surface area contributed by atoms with Gasteiger partial charge in [0, 0.05) is 12.8 Å². The summed E-state index contributed by atoms with van der Waals surface area (Å²) in [6.45, 7) is 4.54. The van der Waals surface area contributed by atoms with Gasteiger partial charge in [-0.05, 0) is 64.2 Å². The molecule has 34 heavy (non-hydrogen) atoms. The summed E-state index contributed by atoms with van der Waals surface area (Å²) in [5.41, 5.74) is 0. The molecule has 0 spiro atoms. The van der Waals surface area contributed by atoms with Crippen molar-refractivity contribution in [1.29, 1.82) is 0 Å². The first-order valence-electron chi connectivity index (χ1n) is 15.6. The molecule has 0 heterocycles. The van der Waals surface area contributed by atoms with Crippen molar-refractivity contribution in [2.45, 2.75) is 181 Å². The molecule has 0 saturated carbocycles. The summed E-state index contributed by atoms with van der Waals surface area (Å²) in [7, 11) is 0. The molecule has 0 saturated heterocycles. The third-order valence-electron chi connectivity index (χ3n) is 6.93. The molecule has 0 unspecified atom stereocenters. The van der Waals surface area contributed by atoms with E-state index < -0.39 is 0 Å². The van der Waals surface area contributed by atoms with E-state index in [4.69, 9.17) is 0 Å². The minimum absolute atomic E-state index is 0.508. The van der Waals surface area contributed by atoms with Gasteiger partial charge in [0.05, 0.1) is 0 Å². The number of rotatable bonds is 28. The third-order valence-corrected chi connectivity index (χ3v) is 6.93. The zero-order valence-corrected chi connectivity index (χ0v) is 23.6. The number of carbonyl (C=O) groups excluding carboxylic acids is 1. The van der Waals surface area contributed by atoms with Crippen molar-refractivity contribution >= 4 is 5.78 Å². The molecule has 0 aliphatic carbocycles. The number of unbranched alkanes of at least 4 members (excludes halogenated alkanes) is 20. The summed E-state index contributed by atoms with van der Waals surface area (Å²) in [6, 6.07) is 0. The lowest BCUT2D eigenvalue weighted by molar-refractivity contribution is -0.119. The predicted octanol–water partition coefficient (Wildman–Crippen LogP) is 11.9. The molecule has 0 N–H and O–H groups in total. The van der Waals surface area contributed by atoms with E-state index in [0.29, 0.717) is 5.78 Å². The molecule has 200 valence electrons. The summed E-state index contributed by atoms with van der Waals surface area (Å²) in [5, 5.41) is 0. The average molecular weight is 475 g/mol. The Kier molecular flexibility index (Phi) is 29.4. The van der Waals surface area contributed by atoms with Gasteiger partial charge in [0.25, 0.3) is 0 Å². The number of hydrogen-bond acceptors (Lipinski definition) is 1. The van der Waals surface area contributed by atoms with Gasteiger partial charge in [-0.15, -0.1) is 0 Å². The maximum atomic E-state index is 12.1. The summed E-state index contributed by atoms with van der Waals surface area (Å²) >= 11 is 0. The molecule has 0 aromatic carbocycles. The molecule has 0 aliphatic heterocycles. The Hall–Kier alpha value is -0.850. The first-order valence-corrected chi connectivity index (χ1v) is 15.6. The van der Waals surface area contributed by atoms with Crippen molar-refractivity contribution in [2.75, 3.05) is 0 Å². The van der Waals surface area contributed by atoms with E-state index in [0.717, 1.165) is 25.7 Å². The van der Waals surface area contributed by atoms with Crippen LogP contribution in [0.2, 0.25) is 0 Å². The maximum absolute atomic E-state index is 12.1. The largest absolute Gasteiger partial charge is 0.300 e. The number of ketones is 1. The number of Topliss-reactive ketones (excluding diaryl/α,β-unsaturated/α-hetero) is 1. The van der Waals surface area contributed by atoms with Gasteiger partial charge in [-0.25, -0.2) is 0 Å². The molecule has 0 amide bonds. The molecule has 1 nitrogen and oxygen atoms in total. The lowest BCUT2D eigenvalue weighted by Gasteiger charge is -2.03. The molecular weight excluding hydrogens is 412 g/mol. The van der Waals surface area contributed by atoms with E-state index in [1.165, 1.54) is 141 Å². The third kappa shape index (κ3) is 29.2. The molecule has 0 fully saturated rings. The van der Waals surface area contributed by atoms with Crippen LogP contribution in [0.25, 0.3) is 0 Å². The van der Waals surface area contributed by atoms with Gasteiger partial charge in [0.2, 0.25) is 0 Å². The maximum Gasteiger partial charge on any atom is 0.132 e. The van der Waals surface area contributed by atoms with E-state index in [-0.39, 0.29) is 0 Å². The fraction of sp³-hybridized carbons (Fsp3) is 0.848. The molecule has 0 aromatic heterocycles. The standard InChI is InChI=1S/C33H62O/c1-3-5-7-9-11-13-15-17-19-21-23-25-27-29-31-33(34)32-30-28-26-24-22-20-18-16-14-12-10-8-6-4-2/h13-16H,3-12,17-32H2,1-2H3/b15-13-,16-14-. The topological polar surface area (TPSA) is 17.1 Å². The molecule has 0 atom stereocenters. The summed E-state index contributed by atoms with van der Waals surface area (Å²) < 4.78 is 0. The van der Waals surface area contributed by atoms with Crippen molar-refractivity contribution in [3.05, 3.63) is 24.3 Å². The second-order valence-electron chi connectivity index (χ2n) is 10.5. The van der Waals surface area contributed by atoms with Crippen LogP contribution in [0.3, 0.4) is 0 Å². The van der Waals surface area contributed by atoms with Gasteiger partial charge in [0.15, 0.2) is 0 Å². The van der Waals surface area contributed by atoms with Crippen LogP contribution in [-0.4, -0.2) is 5.78 Å². The monoisotopic (exact) mass is 474 g/mol. The van der Waals surface area contributed by atoms with Crippen molar-refractivity contribution in [3.63, 3.8) is 0 Å². The van der Waals surface area contributed by atoms with Crippen molar-refractivity contribution in [1.82, 2.24) is 0 Å². The van der Waals surface area contributed by atoms with Gasteiger partial charge in [-0.1, -0.05) is 128 Å². The zero-order chi connectivity index (χ0) is 24.8. The van der Waals surface area contributed by atoms with Gasteiger partial charge in [-0.3, -0.25) is 4.79 Å². The van der Waals surface area contributed by atoms with Gasteiger partial charge in [0.1, 0.15) is 5.78 Å². The Morgan fingerprint density at radius 2 is 0.647 bits per heavy atom. The second-order valence-corrected chi connectivity index (χ2v) is 10.5. The lowest BCUT2D eigenvalue weighted by Crippen LogP contribution is -1.97. The zero-order valence-electron chi connectivity index (χ0n) is 23.6. The Morgan fingerprint density at radius 3 is 0.971 bits per heavy atom. The first-order chi connectivity index (χ1) is 16.8. The molecule has 0 rings (SSSR count). The Morgan fingerprint density at radius 1 is 0.382 bits per heavy atom. The Balaban J connectivity index is 3.23. The van der Waals surface area contributed by atoms with Crippen LogP contribution in [-0.2, 0) is 4.79 Å². The normalized spacial score (nSPS) is 11.8. The highest BCUT2D eigenvalue weighted by Crippen LogP contribution is 2.13. The van der Waals surface area contributed by atoms with Crippen LogP contribution >= 0.6 is 0 Å². The minimum atomic E-state index is 0.508. The molecule has 0 aliphatic rings. The first kappa shape index (κ1) is 33.1. The van der Waals surface area contributed by atoms with Crippen LogP contribution in [0.15, 0.2) is 24.3 Å². The fourth-order valence-electron chi connectivity index (χ4n) is 4.56. The molecule has 0 radical (unpaired) electrons. The fourth-order valence-corrected chi connectivity index (χ4v) is 4.56.